The molecule has 0 aromatic heterocycles. The Bertz CT molecular complexity index is 1080. The first-order chi connectivity index (χ1) is 15.2. The fourth-order valence-electron chi connectivity index (χ4n) is 2.19. The van der Waals surface area contributed by atoms with E-state index in [1.54, 1.807) is 13.8 Å². The molecule has 162 valence electrons. The Morgan fingerprint density at radius 2 is 1.03 bits per heavy atom. The van der Waals surface area contributed by atoms with Crippen molar-refractivity contribution in [2.45, 2.75) is 13.8 Å². The quantitative estimate of drug-likeness (QED) is 0.214. The van der Waals surface area contributed by atoms with Gasteiger partial charge in [0.15, 0.2) is 11.5 Å². The van der Waals surface area contributed by atoms with Crippen molar-refractivity contribution in [1.29, 1.82) is 0 Å². The van der Waals surface area contributed by atoms with Gasteiger partial charge in [-0.15, -0.1) is 0 Å². The Balaban J connectivity index is 2.05. The predicted octanol–water partition coefficient (Wildman–Crippen LogP) is 4.33. The van der Waals surface area contributed by atoms with Crippen LogP contribution in [-0.4, -0.2) is 21.8 Å². The highest BCUT2D eigenvalue weighted by Gasteiger charge is 2.13. The second-order valence-electron chi connectivity index (χ2n) is 5.94. The lowest BCUT2D eigenvalue weighted by molar-refractivity contribution is -0.385. The predicted molar refractivity (Wildman–Crippen MR) is 112 cm³/mol. The van der Waals surface area contributed by atoms with Gasteiger partial charge in [0.05, 0.1) is 21.0 Å². The summed E-state index contributed by atoms with van der Waals surface area (Å²) >= 11 is 0. The lowest BCUT2D eigenvalue weighted by Gasteiger charge is -2.04. The highest BCUT2D eigenvalue weighted by molar-refractivity contribution is 5.91. The summed E-state index contributed by atoms with van der Waals surface area (Å²) in [5.74, 6) is 3.51. The number of carbonyl (C=O) groups is 2. The van der Waals surface area contributed by atoms with Crippen molar-refractivity contribution in [3.8, 4) is 11.8 Å². The summed E-state index contributed by atoms with van der Waals surface area (Å²) in [5, 5.41) is 21.4. The standard InChI is InChI=1S/C22H16N2O8/c1-3-19(31-21(25)15-5-9-17(10-6-15)23(27)28)13-14-20(4-2)32-22(26)16-7-11-18(12-8-16)24(29)30/h3-12H,1-2H3/b19-3-,20-4+. The van der Waals surface area contributed by atoms with Gasteiger partial charge in [0, 0.05) is 24.3 Å². The molecular weight excluding hydrogens is 420 g/mol. The van der Waals surface area contributed by atoms with Gasteiger partial charge in [-0.25, -0.2) is 9.59 Å². The van der Waals surface area contributed by atoms with Crippen LogP contribution in [0.5, 0.6) is 0 Å². The van der Waals surface area contributed by atoms with Crippen LogP contribution in [0.2, 0.25) is 0 Å². The van der Waals surface area contributed by atoms with E-state index >= 15 is 0 Å². The third-order valence-corrected chi connectivity index (χ3v) is 3.87. The summed E-state index contributed by atoms with van der Waals surface area (Å²) in [5.41, 5.74) is -0.152. The van der Waals surface area contributed by atoms with Crippen LogP contribution < -0.4 is 0 Å². The number of nitrogens with zero attached hydrogens (tertiary/aromatic N) is 2. The van der Waals surface area contributed by atoms with Gasteiger partial charge in [0.1, 0.15) is 0 Å². The van der Waals surface area contributed by atoms with Crippen LogP contribution in [0.25, 0.3) is 0 Å². The Morgan fingerprint density at radius 3 is 1.28 bits per heavy atom. The van der Waals surface area contributed by atoms with Crippen molar-refractivity contribution >= 4 is 23.3 Å². The molecule has 0 saturated heterocycles. The molecule has 2 rings (SSSR count). The fourth-order valence-corrected chi connectivity index (χ4v) is 2.19. The summed E-state index contributed by atoms with van der Waals surface area (Å²) < 4.78 is 10.3. The van der Waals surface area contributed by atoms with E-state index in [1.807, 2.05) is 0 Å². The topological polar surface area (TPSA) is 139 Å². The summed E-state index contributed by atoms with van der Waals surface area (Å²) in [7, 11) is 0. The van der Waals surface area contributed by atoms with Gasteiger partial charge in [0.2, 0.25) is 0 Å². The largest absolute Gasteiger partial charge is 0.414 e. The van der Waals surface area contributed by atoms with Crippen LogP contribution in [0.3, 0.4) is 0 Å². The molecule has 2 aromatic carbocycles. The minimum absolute atomic E-state index is 0.0286. The van der Waals surface area contributed by atoms with Crippen molar-refractivity contribution in [3.05, 3.63) is 104 Å². The van der Waals surface area contributed by atoms with Gasteiger partial charge < -0.3 is 9.47 Å². The Kier molecular flexibility index (Phi) is 7.96. The molecule has 0 spiro atoms. The fraction of sp³-hybridized carbons (Fsp3) is 0.0909. The summed E-state index contributed by atoms with van der Waals surface area (Å²) in [4.78, 5) is 44.6. The monoisotopic (exact) mass is 436 g/mol. The minimum atomic E-state index is -0.771. The van der Waals surface area contributed by atoms with Crippen LogP contribution in [0.1, 0.15) is 34.6 Å². The van der Waals surface area contributed by atoms with E-state index in [2.05, 4.69) is 11.8 Å². The molecule has 0 radical (unpaired) electrons. The SMILES string of the molecule is C/C=C(/C#C/C(=C\C)OC(=O)c1ccc([N+](=O)[O-])cc1)OC(=O)c1ccc([N+](=O)[O-])cc1. The maximum absolute atomic E-state index is 12.2. The number of nitro groups is 2. The third kappa shape index (κ3) is 6.36. The minimum Gasteiger partial charge on any atom is -0.414 e. The van der Waals surface area contributed by atoms with Gasteiger partial charge in [-0.2, -0.15) is 0 Å². The molecule has 0 heterocycles. The smallest absolute Gasteiger partial charge is 0.344 e. The molecule has 0 unspecified atom stereocenters. The first-order valence-electron chi connectivity index (χ1n) is 9.03. The number of hydrogen-bond donors (Lipinski definition) is 0. The van der Waals surface area contributed by atoms with Gasteiger partial charge in [-0.3, -0.25) is 20.2 Å². The lowest BCUT2D eigenvalue weighted by Crippen LogP contribution is -2.06. The number of rotatable bonds is 6. The summed E-state index contributed by atoms with van der Waals surface area (Å²) in [6, 6.07) is 9.71. The van der Waals surface area contributed by atoms with Crippen LogP contribution in [0.4, 0.5) is 11.4 Å². The van der Waals surface area contributed by atoms with Crippen molar-refractivity contribution in [3.63, 3.8) is 0 Å². The summed E-state index contributed by atoms with van der Waals surface area (Å²) in [6.45, 7) is 3.15. The highest BCUT2D eigenvalue weighted by Crippen LogP contribution is 2.15. The molecule has 32 heavy (non-hydrogen) atoms. The number of non-ortho nitro benzene ring substituents is 2. The second-order valence-corrected chi connectivity index (χ2v) is 5.94. The third-order valence-electron chi connectivity index (χ3n) is 3.87. The van der Waals surface area contributed by atoms with E-state index in [1.165, 1.54) is 60.7 Å². The molecule has 0 aliphatic carbocycles. The van der Waals surface area contributed by atoms with Gasteiger partial charge in [-0.05, 0) is 62.1 Å². The van der Waals surface area contributed by atoms with Crippen LogP contribution in [0.15, 0.2) is 72.2 Å². The van der Waals surface area contributed by atoms with E-state index in [0.29, 0.717) is 0 Å². The van der Waals surface area contributed by atoms with Gasteiger partial charge in [-0.1, -0.05) is 0 Å². The Morgan fingerprint density at radius 1 is 0.719 bits per heavy atom. The number of carbonyl (C=O) groups excluding carboxylic acids is 2. The van der Waals surface area contributed by atoms with Crippen LogP contribution >= 0.6 is 0 Å². The maximum Gasteiger partial charge on any atom is 0.344 e. The van der Waals surface area contributed by atoms with E-state index in [9.17, 15) is 29.8 Å². The molecule has 10 heteroatoms. The van der Waals surface area contributed by atoms with Crippen LogP contribution in [-0.2, 0) is 9.47 Å². The van der Waals surface area contributed by atoms with Gasteiger partial charge in [0.25, 0.3) is 11.4 Å². The van der Waals surface area contributed by atoms with Crippen molar-refractivity contribution in [2.24, 2.45) is 0 Å². The zero-order valence-corrected chi connectivity index (χ0v) is 16.9. The summed E-state index contributed by atoms with van der Waals surface area (Å²) in [6.07, 6.45) is 2.84. The molecule has 0 atom stereocenters. The number of ether oxygens (including phenoxy) is 2. The number of benzene rings is 2. The number of allylic oxidation sites excluding steroid dienone is 4. The molecule has 0 aliphatic heterocycles. The lowest BCUT2D eigenvalue weighted by atomic mass is 10.2. The average Bonchev–Trinajstić information content (AvgIpc) is 2.80. The van der Waals surface area contributed by atoms with E-state index < -0.39 is 21.8 Å². The molecule has 0 bridgehead atoms. The van der Waals surface area contributed by atoms with Crippen molar-refractivity contribution in [2.75, 3.05) is 0 Å². The second kappa shape index (κ2) is 10.8. The number of nitro benzene ring substituents is 2. The number of hydrogen-bond acceptors (Lipinski definition) is 8. The molecule has 0 N–H and O–H groups in total. The zero-order chi connectivity index (χ0) is 23.7. The molecule has 0 aliphatic rings. The average molecular weight is 436 g/mol. The number of esters is 2. The zero-order valence-electron chi connectivity index (χ0n) is 16.9. The molecule has 10 nitrogen and oxygen atoms in total. The normalized spacial score (nSPS) is 11.1. The highest BCUT2D eigenvalue weighted by atomic mass is 16.6. The molecule has 2 aromatic rings. The van der Waals surface area contributed by atoms with Crippen molar-refractivity contribution < 1.29 is 28.9 Å². The first kappa shape index (κ1) is 23.5. The molecular formula is C22H16N2O8. The Hall–Kier alpha value is -4.78. The first-order valence-corrected chi connectivity index (χ1v) is 9.03. The molecule has 0 saturated carbocycles. The Labute approximate surface area is 182 Å². The maximum atomic E-state index is 12.2. The van der Waals surface area contributed by atoms with E-state index in [0.717, 1.165) is 0 Å². The molecule has 0 amide bonds. The van der Waals surface area contributed by atoms with Gasteiger partial charge >= 0.3 is 11.9 Å². The molecule has 0 fully saturated rings. The van der Waals surface area contributed by atoms with E-state index in [-0.39, 0.29) is 34.0 Å². The van der Waals surface area contributed by atoms with Crippen LogP contribution in [0, 0.1) is 32.1 Å². The van der Waals surface area contributed by atoms with Crippen molar-refractivity contribution in [1.82, 2.24) is 0 Å². The van der Waals surface area contributed by atoms with E-state index in [4.69, 9.17) is 9.47 Å².